The average molecular weight is 393 g/mol. The number of sulfonamides is 1. The van der Waals surface area contributed by atoms with E-state index in [1.807, 2.05) is 30.3 Å². The second-order valence-corrected chi connectivity index (χ2v) is 7.87. The Morgan fingerprint density at radius 2 is 1.77 bits per heavy atom. The van der Waals surface area contributed by atoms with Gasteiger partial charge in [0.1, 0.15) is 0 Å². The van der Waals surface area contributed by atoms with Crippen molar-refractivity contribution in [3.63, 3.8) is 0 Å². The zero-order valence-corrected chi connectivity index (χ0v) is 16.0. The van der Waals surface area contributed by atoms with Crippen LogP contribution in [0.3, 0.4) is 0 Å². The van der Waals surface area contributed by atoms with Crippen molar-refractivity contribution in [1.29, 1.82) is 0 Å². The standard InChI is InChI=1S/C19H21ClN2O3S/c1-22(15-17-7-9-18(20)10-8-17)19(23)11-13-21-26(24,25)14-12-16-5-3-2-4-6-16/h2-10,12,14,21H,11,13,15H2,1H3. The van der Waals surface area contributed by atoms with E-state index in [4.69, 9.17) is 11.6 Å². The lowest BCUT2D eigenvalue weighted by atomic mass is 10.2. The van der Waals surface area contributed by atoms with Gasteiger partial charge in [0.05, 0.1) is 0 Å². The average Bonchev–Trinajstić information content (AvgIpc) is 2.62. The van der Waals surface area contributed by atoms with Gasteiger partial charge in [-0.3, -0.25) is 4.79 Å². The van der Waals surface area contributed by atoms with Crippen molar-refractivity contribution in [1.82, 2.24) is 9.62 Å². The first-order chi connectivity index (χ1) is 12.4. The van der Waals surface area contributed by atoms with Crippen molar-refractivity contribution in [3.8, 4) is 0 Å². The van der Waals surface area contributed by atoms with Crippen LogP contribution in [0.4, 0.5) is 0 Å². The Kier molecular flexibility index (Phi) is 7.38. The summed E-state index contributed by atoms with van der Waals surface area (Å²) in [6.07, 6.45) is 1.60. The van der Waals surface area contributed by atoms with Crippen molar-refractivity contribution in [3.05, 3.63) is 76.2 Å². The van der Waals surface area contributed by atoms with Gasteiger partial charge < -0.3 is 4.90 Å². The molecule has 1 amide bonds. The molecule has 0 atom stereocenters. The molecule has 0 saturated carbocycles. The molecule has 26 heavy (non-hydrogen) atoms. The highest BCUT2D eigenvalue weighted by Gasteiger charge is 2.11. The van der Waals surface area contributed by atoms with Gasteiger partial charge in [0.2, 0.25) is 15.9 Å². The highest BCUT2D eigenvalue weighted by molar-refractivity contribution is 7.92. The van der Waals surface area contributed by atoms with Crippen LogP contribution >= 0.6 is 11.6 Å². The highest BCUT2D eigenvalue weighted by atomic mass is 35.5. The van der Waals surface area contributed by atoms with Crippen LogP contribution < -0.4 is 4.72 Å². The molecule has 0 bridgehead atoms. The minimum atomic E-state index is -3.58. The molecule has 2 rings (SSSR count). The first-order valence-electron chi connectivity index (χ1n) is 8.07. The lowest BCUT2D eigenvalue weighted by molar-refractivity contribution is -0.130. The van der Waals surface area contributed by atoms with Gasteiger partial charge in [-0.05, 0) is 29.3 Å². The largest absolute Gasteiger partial charge is 0.341 e. The molecule has 0 radical (unpaired) electrons. The van der Waals surface area contributed by atoms with Crippen LogP contribution in [-0.4, -0.2) is 32.8 Å². The number of amides is 1. The predicted molar refractivity (Wildman–Crippen MR) is 105 cm³/mol. The number of carbonyl (C=O) groups excluding carboxylic acids is 1. The fraction of sp³-hybridized carbons (Fsp3) is 0.211. The summed E-state index contributed by atoms with van der Waals surface area (Å²) >= 11 is 5.84. The number of carbonyl (C=O) groups is 1. The molecule has 0 aliphatic carbocycles. The maximum atomic E-state index is 12.1. The van der Waals surface area contributed by atoms with Crippen LogP contribution in [0.5, 0.6) is 0 Å². The molecule has 2 aromatic rings. The van der Waals surface area contributed by atoms with Crippen LogP contribution in [0, 0.1) is 0 Å². The lowest BCUT2D eigenvalue weighted by Crippen LogP contribution is -2.31. The predicted octanol–water partition coefficient (Wildman–Crippen LogP) is 3.28. The number of hydrogen-bond acceptors (Lipinski definition) is 3. The van der Waals surface area contributed by atoms with Crippen molar-refractivity contribution in [2.45, 2.75) is 13.0 Å². The molecular weight excluding hydrogens is 372 g/mol. The fourth-order valence-electron chi connectivity index (χ4n) is 2.22. The number of rotatable bonds is 8. The minimum absolute atomic E-state index is 0.0469. The molecule has 0 aromatic heterocycles. The molecule has 0 aliphatic rings. The van der Waals surface area contributed by atoms with Gasteiger partial charge in [0, 0.05) is 37.0 Å². The van der Waals surface area contributed by atoms with E-state index in [2.05, 4.69) is 4.72 Å². The van der Waals surface area contributed by atoms with E-state index in [0.717, 1.165) is 16.5 Å². The summed E-state index contributed by atoms with van der Waals surface area (Å²) in [5.41, 5.74) is 1.74. The van der Waals surface area contributed by atoms with Gasteiger partial charge in [-0.15, -0.1) is 0 Å². The lowest BCUT2D eigenvalue weighted by Gasteiger charge is -2.17. The van der Waals surface area contributed by atoms with Crippen LogP contribution in [0.1, 0.15) is 17.5 Å². The molecule has 0 spiro atoms. The molecule has 0 fully saturated rings. The Morgan fingerprint density at radius 1 is 1.12 bits per heavy atom. The molecule has 138 valence electrons. The molecule has 2 aromatic carbocycles. The van der Waals surface area contributed by atoms with Crippen molar-refractivity contribution >= 4 is 33.6 Å². The normalized spacial score (nSPS) is 11.6. The quantitative estimate of drug-likeness (QED) is 0.749. The van der Waals surface area contributed by atoms with Crippen LogP contribution in [0.15, 0.2) is 60.0 Å². The molecule has 1 N–H and O–H groups in total. The third-order valence-corrected chi connectivity index (χ3v) is 4.99. The van der Waals surface area contributed by atoms with Crippen LogP contribution in [0.2, 0.25) is 5.02 Å². The molecule has 0 aliphatic heterocycles. The van der Waals surface area contributed by atoms with E-state index in [-0.39, 0.29) is 18.9 Å². The molecule has 0 heterocycles. The number of benzene rings is 2. The number of hydrogen-bond donors (Lipinski definition) is 1. The van der Waals surface area contributed by atoms with Gasteiger partial charge in [-0.25, -0.2) is 13.1 Å². The number of nitrogens with zero attached hydrogens (tertiary/aromatic N) is 1. The second kappa shape index (κ2) is 9.52. The molecule has 0 saturated heterocycles. The van der Waals surface area contributed by atoms with E-state index in [1.165, 1.54) is 6.08 Å². The van der Waals surface area contributed by atoms with Crippen LogP contribution in [-0.2, 0) is 21.4 Å². The Hall–Kier alpha value is -2.15. The fourth-order valence-corrected chi connectivity index (χ4v) is 3.17. The zero-order chi connectivity index (χ0) is 19.0. The van der Waals surface area contributed by atoms with Crippen molar-refractivity contribution in [2.24, 2.45) is 0 Å². The van der Waals surface area contributed by atoms with Gasteiger partial charge in [-0.1, -0.05) is 54.1 Å². The molecular formula is C19H21ClN2O3S. The Morgan fingerprint density at radius 3 is 2.42 bits per heavy atom. The molecule has 7 heteroatoms. The second-order valence-electron chi connectivity index (χ2n) is 5.78. The summed E-state index contributed by atoms with van der Waals surface area (Å²) in [6.45, 7) is 0.488. The van der Waals surface area contributed by atoms with Gasteiger partial charge in [0.15, 0.2) is 0 Å². The summed E-state index contributed by atoms with van der Waals surface area (Å²) < 4.78 is 26.3. The molecule has 0 unspecified atom stereocenters. The maximum absolute atomic E-state index is 12.1. The van der Waals surface area contributed by atoms with E-state index in [0.29, 0.717) is 11.6 Å². The van der Waals surface area contributed by atoms with Gasteiger partial charge in [-0.2, -0.15) is 0 Å². The Bertz CT molecular complexity index is 850. The third kappa shape index (κ3) is 7.00. The molecule has 5 nitrogen and oxygen atoms in total. The van der Waals surface area contributed by atoms with E-state index in [1.54, 1.807) is 36.2 Å². The number of halogens is 1. The van der Waals surface area contributed by atoms with Gasteiger partial charge >= 0.3 is 0 Å². The number of nitrogens with one attached hydrogen (secondary N) is 1. The topological polar surface area (TPSA) is 66.5 Å². The Balaban J connectivity index is 1.79. The van der Waals surface area contributed by atoms with Crippen molar-refractivity contribution < 1.29 is 13.2 Å². The third-order valence-electron chi connectivity index (χ3n) is 3.64. The first kappa shape index (κ1) is 20.2. The summed E-state index contributed by atoms with van der Waals surface area (Å²) in [5.74, 6) is -0.144. The Labute approximate surface area is 159 Å². The summed E-state index contributed by atoms with van der Waals surface area (Å²) in [6, 6.07) is 16.4. The van der Waals surface area contributed by atoms with E-state index < -0.39 is 10.0 Å². The van der Waals surface area contributed by atoms with E-state index in [9.17, 15) is 13.2 Å². The van der Waals surface area contributed by atoms with Crippen molar-refractivity contribution in [2.75, 3.05) is 13.6 Å². The van der Waals surface area contributed by atoms with Gasteiger partial charge in [0.25, 0.3) is 0 Å². The van der Waals surface area contributed by atoms with E-state index >= 15 is 0 Å². The smallest absolute Gasteiger partial charge is 0.233 e. The maximum Gasteiger partial charge on any atom is 0.233 e. The summed E-state index contributed by atoms with van der Waals surface area (Å²) in [4.78, 5) is 13.7. The monoisotopic (exact) mass is 392 g/mol. The first-order valence-corrected chi connectivity index (χ1v) is 9.99. The zero-order valence-electron chi connectivity index (χ0n) is 14.4. The SMILES string of the molecule is CN(Cc1ccc(Cl)cc1)C(=O)CCNS(=O)(=O)C=Cc1ccccc1. The highest BCUT2D eigenvalue weighted by Crippen LogP contribution is 2.11. The van der Waals surface area contributed by atoms with Crippen LogP contribution in [0.25, 0.3) is 6.08 Å². The summed E-state index contributed by atoms with van der Waals surface area (Å²) in [5, 5.41) is 1.74. The minimum Gasteiger partial charge on any atom is -0.341 e. The summed E-state index contributed by atoms with van der Waals surface area (Å²) in [7, 11) is -1.90.